The van der Waals surface area contributed by atoms with Gasteiger partial charge in [0.25, 0.3) is 0 Å². The molecule has 0 amide bonds. The van der Waals surface area contributed by atoms with E-state index in [1.807, 2.05) is 24.3 Å². The Morgan fingerprint density at radius 2 is 1.69 bits per heavy atom. The Balaban J connectivity index is 1.44. The van der Waals surface area contributed by atoms with Crippen molar-refractivity contribution in [2.45, 2.75) is 19.8 Å². The van der Waals surface area contributed by atoms with Crippen LogP contribution in [0.5, 0.6) is 11.5 Å². The number of nitrogens with two attached hydrogens (primary N) is 1. The van der Waals surface area contributed by atoms with E-state index >= 15 is 0 Å². The zero-order valence-electron chi connectivity index (χ0n) is 19.0. The van der Waals surface area contributed by atoms with Gasteiger partial charge in [0.15, 0.2) is 17.3 Å². The van der Waals surface area contributed by atoms with Crippen LogP contribution in [-0.4, -0.2) is 78.0 Å². The minimum atomic E-state index is 0.389. The highest BCUT2D eigenvalue weighted by Gasteiger charge is 2.16. The summed E-state index contributed by atoms with van der Waals surface area (Å²) < 4.78 is 11.7. The van der Waals surface area contributed by atoms with Crippen molar-refractivity contribution in [1.82, 2.24) is 25.0 Å². The van der Waals surface area contributed by atoms with Gasteiger partial charge < -0.3 is 25.0 Å². The number of pyridine rings is 1. The van der Waals surface area contributed by atoms with Gasteiger partial charge in [-0.2, -0.15) is 5.10 Å². The molecular formula is C24H32N6O2. The highest BCUT2D eigenvalue weighted by atomic mass is 16.5. The summed E-state index contributed by atoms with van der Waals surface area (Å²) in [5.74, 6) is 1.75. The van der Waals surface area contributed by atoms with Gasteiger partial charge >= 0.3 is 0 Å². The van der Waals surface area contributed by atoms with Crippen LogP contribution in [0.2, 0.25) is 0 Å². The van der Waals surface area contributed by atoms with Crippen molar-refractivity contribution < 1.29 is 9.47 Å². The Morgan fingerprint density at radius 3 is 2.41 bits per heavy atom. The summed E-state index contributed by atoms with van der Waals surface area (Å²) in [6, 6.07) is 7.83. The number of ether oxygens (including phenoxy) is 2. The fraction of sp³-hybridized carbons (Fsp3) is 0.458. The molecule has 2 N–H and O–H groups in total. The third-order valence-electron chi connectivity index (χ3n) is 6.08. The summed E-state index contributed by atoms with van der Waals surface area (Å²) in [5, 5.41) is 10.3. The van der Waals surface area contributed by atoms with E-state index in [4.69, 9.17) is 15.2 Å². The Bertz CT molecular complexity index is 1020. The average molecular weight is 437 g/mol. The molecule has 0 atom stereocenters. The van der Waals surface area contributed by atoms with Gasteiger partial charge in [0.05, 0.1) is 19.4 Å². The lowest BCUT2D eigenvalue weighted by atomic mass is 10.0. The van der Waals surface area contributed by atoms with Crippen LogP contribution < -0.4 is 15.2 Å². The second-order valence-electron chi connectivity index (χ2n) is 8.09. The molecule has 8 heteroatoms. The monoisotopic (exact) mass is 436 g/mol. The van der Waals surface area contributed by atoms with Crippen molar-refractivity contribution in [3.8, 4) is 11.5 Å². The summed E-state index contributed by atoms with van der Waals surface area (Å²) >= 11 is 0. The third kappa shape index (κ3) is 5.26. The highest BCUT2D eigenvalue weighted by Crippen LogP contribution is 2.35. The quantitative estimate of drug-likeness (QED) is 0.512. The van der Waals surface area contributed by atoms with Crippen LogP contribution in [0.25, 0.3) is 10.8 Å². The normalized spacial score (nSPS) is 15.2. The molecule has 8 nitrogen and oxygen atoms in total. The first kappa shape index (κ1) is 22.2. The molecule has 1 aromatic carbocycles. The van der Waals surface area contributed by atoms with Gasteiger partial charge in [-0.1, -0.05) is 6.92 Å². The fourth-order valence-electron chi connectivity index (χ4n) is 4.13. The molecular weight excluding hydrogens is 404 g/mol. The van der Waals surface area contributed by atoms with Gasteiger partial charge in [-0.15, -0.1) is 5.10 Å². The van der Waals surface area contributed by atoms with Crippen molar-refractivity contribution >= 4 is 16.6 Å². The van der Waals surface area contributed by atoms with E-state index in [2.05, 4.69) is 31.9 Å². The maximum atomic E-state index is 6.16. The molecule has 1 saturated heterocycles. The van der Waals surface area contributed by atoms with Crippen LogP contribution in [0.1, 0.15) is 24.6 Å². The molecule has 2 aromatic heterocycles. The Morgan fingerprint density at radius 1 is 0.969 bits per heavy atom. The van der Waals surface area contributed by atoms with Crippen molar-refractivity contribution in [3.63, 3.8) is 0 Å². The molecule has 3 heterocycles. The average Bonchev–Trinajstić information content (AvgIpc) is 2.84. The summed E-state index contributed by atoms with van der Waals surface area (Å²) in [4.78, 5) is 9.07. The van der Waals surface area contributed by atoms with Crippen LogP contribution in [-0.2, 0) is 6.42 Å². The van der Waals surface area contributed by atoms with Gasteiger partial charge in [-0.25, -0.2) is 0 Å². The number of anilines is 1. The SMILES string of the molecule is CCN1CCN(CCCOc2cc3c(N)nnc(Cc4ccncc4)c3cc2OC)CC1. The molecule has 4 rings (SSSR count). The number of nitrogen functional groups attached to an aromatic ring is 1. The highest BCUT2D eigenvalue weighted by molar-refractivity contribution is 5.94. The van der Waals surface area contributed by atoms with E-state index in [0.29, 0.717) is 30.3 Å². The number of likely N-dealkylation sites (N-methyl/N-ethyl adjacent to an activating group) is 1. The molecule has 1 aliphatic heterocycles. The first-order valence-corrected chi connectivity index (χ1v) is 11.3. The standard InChI is InChI=1S/C24H32N6O2/c1-3-29-10-12-30(13-11-29)9-4-14-32-23-17-20-19(16-22(23)31-2)21(27-28-24(20)25)15-18-5-7-26-8-6-18/h5-8,16-17H,3-4,9-15H2,1-2H3,(H2,25,28). The molecule has 0 unspecified atom stereocenters. The van der Waals surface area contributed by atoms with E-state index in [0.717, 1.165) is 67.7 Å². The number of aromatic nitrogens is 3. The summed E-state index contributed by atoms with van der Waals surface area (Å²) in [7, 11) is 1.65. The molecule has 0 spiro atoms. The van der Waals surface area contributed by atoms with Crippen LogP contribution in [0, 0.1) is 0 Å². The van der Waals surface area contributed by atoms with Crippen molar-refractivity contribution in [2.75, 3.05) is 58.7 Å². The molecule has 1 aliphatic rings. The first-order chi connectivity index (χ1) is 15.7. The van der Waals surface area contributed by atoms with E-state index in [9.17, 15) is 0 Å². The van der Waals surface area contributed by atoms with Crippen LogP contribution in [0.15, 0.2) is 36.7 Å². The minimum Gasteiger partial charge on any atom is -0.493 e. The second-order valence-corrected chi connectivity index (χ2v) is 8.09. The molecule has 170 valence electrons. The van der Waals surface area contributed by atoms with Crippen LogP contribution in [0.3, 0.4) is 0 Å². The lowest BCUT2D eigenvalue weighted by molar-refractivity contribution is 0.130. The summed E-state index contributed by atoms with van der Waals surface area (Å²) in [6.45, 7) is 9.58. The van der Waals surface area contributed by atoms with E-state index in [1.54, 1.807) is 19.5 Å². The van der Waals surface area contributed by atoms with E-state index < -0.39 is 0 Å². The number of hydrogen-bond donors (Lipinski definition) is 1. The van der Waals surface area contributed by atoms with E-state index in [1.165, 1.54) is 0 Å². The molecule has 0 saturated carbocycles. The topological polar surface area (TPSA) is 89.6 Å². The van der Waals surface area contributed by atoms with E-state index in [-0.39, 0.29) is 0 Å². The lowest BCUT2D eigenvalue weighted by Crippen LogP contribution is -2.46. The van der Waals surface area contributed by atoms with Gasteiger partial charge in [-0.3, -0.25) is 4.98 Å². The number of hydrogen-bond acceptors (Lipinski definition) is 8. The fourth-order valence-corrected chi connectivity index (χ4v) is 4.13. The number of nitrogens with zero attached hydrogens (tertiary/aromatic N) is 5. The number of benzene rings is 1. The predicted molar refractivity (Wildman–Crippen MR) is 126 cm³/mol. The smallest absolute Gasteiger partial charge is 0.161 e. The number of rotatable bonds is 9. The predicted octanol–water partition coefficient (Wildman–Crippen LogP) is 2.61. The largest absolute Gasteiger partial charge is 0.493 e. The zero-order valence-corrected chi connectivity index (χ0v) is 19.0. The first-order valence-electron chi connectivity index (χ1n) is 11.3. The second kappa shape index (κ2) is 10.6. The van der Waals surface area contributed by atoms with Crippen LogP contribution >= 0.6 is 0 Å². The van der Waals surface area contributed by atoms with Gasteiger partial charge in [0.2, 0.25) is 0 Å². The van der Waals surface area contributed by atoms with Crippen molar-refractivity contribution in [1.29, 1.82) is 0 Å². The maximum Gasteiger partial charge on any atom is 0.161 e. The molecule has 0 radical (unpaired) electrons. The van der Waals surface area contributed by atoms with Gasteiger partial charge in [0, 0.05) is 62.3 Å². The van der Waals surface area contributed by atoms with Crippen molar-refractivity contribution in [3.05, 3.63) is 47.9 Å². The maximum absolute atomic E-state index is 6.16. The molecule has 32 heavy (non-hydrogen) atoms. The number of fused-ring (bicyclic) bond motifs is 1. The lowest BCUT2D eigenvalue weighted by Gasteiger charge is -2.33. The molecule has 0 aliphatic carbocycles. The summed E-state index contributed by atoms with van der Waals surface area (Å²) in [6.07, 6.45) is 5.16. The molecule has 0 bridgehead atoms. The van der Waals surface area contributed by atoms with Crippen molar-refractivity contribution in [2.24, 2.45) is 0 Å². The molecule has 3 aromatic rings. The number of methoxy groups -OCH3 is 1. The van der Waals surface area contributed by atoms with Gasteiger partial charge in [0.1, 0.15) is 0 Å². The van der Waals surface area contributed by atoms with Gasteiger partial charge in [-0.05, 0) is 42.8 Å². The molecule has 1 fully saturated rings. The minimum absolute atomic E-state index is 0.389. The Labute approximate surface area is 189 Å². The Kier molecular flexibility index (Phi) is 7.34. The third-order valence-corrected chi connectivity index (χ3v) is 6.08. The zero-order chi connectivity index (χ0) is 22.3. The number of piperazine rings is 1. The summed E-state index contributed by atoms with van der Waals surface area (Å²) in [5.41, 5.74) is 8.12. The van der Waals surface area contributed by atoms with Crippen LogP contribution in [0.4, 0.5) is 5.82 Å². The Hall–Kier alpha value is -2.97.